The van der Waals surface area contributed by atoms with Crippen molar-refractivity contribution in [2.75, 3.05) is 13.7 Å². The second-order valence-electron chi connectivity index (χ2n) is 6.66. The molecule has 3 aromatic rings. The van der Waals surface area contributed by atoms with Gasteiger partial charge in [0.25, 0.3) is 0 Å². The van der Waals surface area contributed by atoms with E-state index >= 15 is 0 Å². The summed E-state index contributed by atoms with van der Waals surface area (Å²) in [6.07, 6.45) is 0.879. The molecule has 0 amide bonds. The topological polar surface area (TPSA) is 30.5 Å². The maximum atomic E-state index is 5.93. The van der Waals surface area contributed by atoms with Crippen LogP contribution in [0.1, 0.15) is 22.3 Å². The molecule has 3 nitrogen and oxygen atoms in total. The average molecular weight is 361 g/mol. The van der Waals surface area contributed by atoms with E-state index in [1.807, 2.05) is 18.2 Å². The predicted octanol–water partition coefficient (Wildman–Crippen LogP) is 4.91. The van der Waals surface area contributed by atoms with E-state index in [1.165, 1.54) is 22.3 Å². The van der Waals surface area contributed by atoms with Crippen LogP contribution in [0.15, 0.2) is 72.8 Å². The summed E-state index contributed by atoms with van der Waals surface area (Å²) >= 11 is 0. The van der Waals surface area contributed by atoms with Crippen LogP contribution in [-0.2, 0) is 19.5 Å². The van der Waals surface area contributed by atoms with Crippen LogP contribution in [0, 0.1) is 6.92 Å². The van der Waals surface area contributed by atoms with Gasteiger partial charge in [0, 0.05) is 19.5 Å². The first kappa shape index (κ1) is 19.0. The van der Waals surface area contributed by atoms with E-state index in [1.54, 1.807) is 7.11 Å². The highest BCUT2D eigenvalue weighted by Crippen LogP contribution is 2.28. The summed E-state index contributed by atoms with van der Waals surface area (Å²) in [4.78, 5) is 0. The van der Waals surface area contributed by atoms with Gasteiger partial charge in [0.1, 0.15) is 0 Å². The average Bonchev–Trinajstić information content (AvgIpc) is 2.70. The molecule has 0 aliphatic rings. The molecular weight excluding hydrogens is 334 g/mol. The monoisotopic (exact) mass is 361 g/mol. The van der Waals surface area contributed by atoms with Crippen LogP contribution >= 0.6 is 0 Å². The van der Waals surface area contributed by atoms with Crippen LogP contribution in [0.3, 0.4) is 0 Å². The van der Waals surface area contributed by atoms with Crippen molar-refractivity contribution in [1.29, 1.82) is 0 Å². The van der Waals surface area contributed by atoms with Crippen LogP contribution in [0.4, 0.5) is 0 Å². The van der Waals surface area contributed by atoms with E-state index in [4.69, 9.17) is 9.47 Å². The Labute approximate surface area is 162 Å². The number of hydrogen-bond donors (Lipinski definition) is 1. The van der Waals surface area contributed by atoms with Gasteiger partial charge in [0.05, 0.1) is 13.7 Å². The Balaban J connectivity index is 1.52. The van der Waals surface area contributed by atoms with Gasteiger partial charge < -0.3 is 14.8 Å². The number of benzene rings is 3. The lowest BCUT2D eigenvalue weighted by molar-refractivity contribution is 0.297. The molecule has 3 aromatic carbocycles. The lowest BCUT2D eigenvalue weighted by Gasteiger charge is -2.13. The highest BCUT2D eigenvalue weighted by Gasteiger charge is 2.06. The quantitative estimate of drug-likeness (QED) is 0.587. The maximum absolute atomic E-state index is 5.93. The minimum atomic E-state index is 0.630. The third-order valence-corrected chi connectivity index (χ3v) is 4.46. The first-order valence-corrected chi connectivity index (χ1v) is 9.34. The molecule has 140 valence electrons. The Bertz CT molecular complexity index is 846. The zero-order chi connectivity index (χ0) is 18.9. The zero-order valence-corrected chi connectivity index (χ0v) is 16.1. The third kappa shape index (κ3) is 5.87. The summed E-state index contributed by atoms with van der Waals surface area (Å²) in [6, 6.07) is 25.0. The Morgan fingerprint density at radius 2 is 1.48 bits per heavy atom. The highest BCUT2D eigenvalue weighted by atomic mass is 16.5. The molecule has 27 heavy (non-hydrogen) atoms. The van der Waals surface area contributed by atoms with Crippen LogP contribution < -0.4 is 14.8 Å². The molecule has 0 aliphatic carbocycles. The van der Waals surface area contributed by atoms with E-state index in [-0.39, 0.29) is 0 Å². The molecule has 0 aliphatic heterocycles. The van der Waals surface area contributed by atoms with E-state index < -0.39 is 0 Å². The SMILES string of the molecule is COc1cc(CNCc2cccc(C)c2)ccc1OCCc1ccccc1. The second-order valence-corrected chi connectivity index (χ2v) is 6.66. The van der Waals surface area contributed by atoms with E-state index in [9.17, 15) is 0 Å². The molecule has 0 bridgehead atoms. The van der Waals surface area contributed by atoms with Crippen molar-refractivity contribution in [3.8, 4) is 11.5 Å². The fourth-order valence-corrected chi connectivity index (χ4v) is 3.04. The maximum Gasteiger partial charge on any atom is 0.161 e. The number of aryl methyl sites for hydroxylation is 1. The number of methoxy groups -OCH3 is 1. The van der Waals surface area contributed by atoms with Gasteiger partial charge in [-0.05, 0) is 35.7 Å². The molecule has 0 fully saturated rings. The van der Waals surface area contributed by atoms with Crippen LogP contribution in [0.2, 0.25) is 0 Å². The van der Waals surface area contributed by atoms with Crippen LogP contribution in [-0.4, -0.2) is 13.7 Å². The third-order valence-electron chi connectivity index (χ3n) is 4.46. The summed E-state index contributed by atoms with van der Waals surface area (Å²) in [5, 5.41) is 3.48. The Morgan fingerprint density at radius 3 is 2.22 bits per heavy atom. The summed E-state index contributed by atoms with van der Waals surface area (Å²) < 4.78 is 11.4. The minimum absolute atomic E-state index is 0.630. The highest BCUT2D eigenvalue weighted by molar-refractivity contribution is 5.43. The van der Waals surface area contributed by atoms with Crippen molar-refractivity contribution in [3.05, 3.63) is 95.1 Å². The van der Waals surface area contributed by atoms with Gasteiger partial charge in [0.15, 0.2) is 11.5 Å². The van der Waals surface area contributed by atoms with Gasteiger partial charge in [-0.15, -0.1) is 0 Å². The largest absolute Gasteiger partial charge is 0.493 e. The summed E-state index contributed by atoms with van der Waals surface area (Å²) in [5.74, 6) is 1.56. The second kappa shape index (κ2) is 9.79. The van der Waals surface area contributed by atoms with E-state index in [0.29, 0.717) is 6.61 Å². The Kier molecular flexibility index (Phi) is 6.89. The molecular formula is C24H27NO2. The standard InChI is InChI=1S/C24H27NO2/c1-19-7-6-10-21(15-19)17-25-18-22-11-12-23(24(16-22)26-2)27-14-13-20-8-4-3-5-9-20/h3-12,15-16,25H,13-14,17-18H2,1-2H3. The first-order valence-electron chi connectivity index (χ1n) is 9.34. The molecule has 0 unspecified atom stereocenters. The van der Waals surface area contributed by atoms with Crippen LogP contribution in [0.5, 0.6) is 11.5 Å². The minimum Gasteiger partial charge on any atom is -0.493 e. The Hall–Kier alpha value is -2.78. The van der Waals surface area contributed by atoms with E-state index in [2.05, 4.69) is 66.8 Å². The lowest BCUT2D eigenvalue weighted by Crippen LogP contribution is -2.13. The van der Waals surface area contributed by atoms with Gasteiger partial charge >= 0.3 is 0 Å². The number of ether oxygens (including phenoxy) is 2. The van der Waals surface area contributed by atoms with Crippen molar-refractivity contribution in [2.24, 2.45) is 0 Å². The number of hydrogen-bond acceptors (Lipinski definition) is 3. The van der Waals surface area contributed by atoms with Crippen molar-refractivity contribution in [2.45, 2.75) is 26.4 Å². The van der Waals surface area contributed by atoms with Gasteiger partial charge in [0.2, 0.25) is 0 Å². The Morgan fingerprint density at radius 1 is 0.741 bits per heavy atom. The van der Waals surface area contributed by atoms with E-state index in [0.717, 1.165) is 31.0 Å². The van der Waals surface area contributed by atoms with Crippen molar-refractivity contribution < 1.29 is 9.47 Å². The molecule has 1 N–H and O–H groups in total. The predicted molar refractivity (Wildman–Crippen MR) is 110 cm³/mol. The van der Waals surface area contributed by atoms with Crippen LogP contribution in [0.25, 0.3) is 0 Å². The first-order chi connectivity index (χ1) is 13.2. The molecule has 3 heteroatoms. The summed E-state index contributed by atoms with van der Waals surface area (Å²) in [5.41, 5.74) is 5.03. The van der Waals surface area contributed by atoms with Gasteiger partial charge in [-0.1, -0.05) is 66.2 Å². The van der Waals surface area contributed by atoms with Gasteiger partial charge in [-0.2, -0.15) is 0 Å². The fraction of sp³-hybridized carbons (Fsp3) is 0.250. The van der Waals surface area contributed by atoms with Gasteiger partial charge in [-0.25, -0.2) is 0 Å². The molecule has 3 rings (SSSR count). The van der Waals surface area contributed by atoms with Crippen molar-refractivity contribution in [1.82, 2.24) is 5.32 Å². The molecule has 0 heterocycles. The van der Waals surface area contributed by atoms with Gasteiger partial charge in [-0.3, -0.25) is 0 Å². The molecule has 0 atom stereocenters. The number of rotatable bonds is 9. The molecule has 0 radical (unpaired) electrons. The van der Waals surface area contributed by atoms with Crippen molar-refractivity contribution >= 4 is 0 Å². The smallest absolute Gasteiger partial charge is 0.161 e. The summed E-state index contributed by atoms with van der Waals surface area (Å²) in [7, 11) is 1.68. The summed E-state index contributed by atoms with van der Waals surface area (Å²) in [6.45, 7) is 4.38. The fourth-order valence-electron chi connectivity index (χ4n) is 3.04. The number of nitrogens with one attached hydrogen (secondary N) is 1. The molecule has 0 aromatic heterocycles. The van der Waals surface area contributed by atoms with Crippen molar-refractivity contribution in [3.63, 3.8) is 0 Å². The molecule has 0 saturated heterocycles. The normalized spacial score (nSPS) is 10.6. The molecule has 0 spiro atoms. The molecule has 0 saturated carbocycles. The lowest BCUT2D eigenvalue weighted by atomic mass is 10.1. The zero-order valence-electron chi connectivity index (χ0n) is 16.1.